The van der Waals surface area contributed by atoms with Crippen LogP contribution in [0.25, 0.3) is 0 Å². The Hall–Kier alpha value is -3.39. The molecular weight excluding hydrogens is 404 g/mol. The summed E-state index contributed by atoms with van der Waals surface area (Å²) in [6, 6.07) is 9.48. The molecular formula is C19H16BF3N2O5. The maximum Gasteiger partial charge on any atom is 0.573 e. The Kier molecular flexibility index (Phi) is 5.80. The number of aromatic hydroxyl groups is 1. The Morgan fingerprint density at radius 3 is 2.63 bits per heavy atom. The second-order valence-electron chi connectivity index (χ2n) is 6.80. The average Bonchev–Trinajstić information content (AvgIpc) is 3.16. The predicted molar refractivity (Wildman–Crippen MR) is 99.8 cm³/mol. The molecule has 0 saturated heterocycles. The number of nitrogens with one attached hydrogen (secondary N) is 1. The summed E-state index contributed by atoms with van der Waals surface area (Å²) < 4.78 is 51.2. The third-order valence-corrected chi connectivity index (χ3v) is 4.35. The second kappa shape index (κ2) is 8.16. The lowest BCUT2D eigenvalue weighted by Gasteiger charge is -2.24. The topological polar surface area (TPSA) is 101 Å². The van der Waals surface area contributed by atoms with Crippen molar-refractivity contribution in [2.24, 2.45) is 0 Å². The standard InChI is InChI=1S/C19H16BF3N2O5/c1-18(9-24,10-28-14-7-4-12-8-29-20-15(12)16(14)26)25-17(27)11-2-5-13(6-3-11)30-19(21,22)23/h2-7,20,26H,8,10H2,1H3,(H,25,27). The molecule has 30 heavy (non-hydrogen) atoms. The van der Waals surface area contributed by atoms with E-state index in [-0.39, 0.29) is 31.2 Å². The molecule has 0 saturated carbocycles. The summed E-state index contributed by atoms with van der Waals surface area (Å²) in [4.78, 5) is 12.4. The van der Waals surface area contributed by atoms with Gasteiger partial charge in [0.15, 0.2) is 17.0 Å². The minimum absolute atomic E-state index is 0.0310. The maximum absolute atomic E-state index is 12.4. The number of carbonyl (C=O) groups is 1. The van der Waals surface area contributed by atoms with Crippen LogP contribution in [-0.2, 0) is 11.3 Å². The largest absolute Gasteiger partial charge is 0.573 e. The van der Waals surface area contributed by atoms with Gasteiger partial charge in [-0.1, -0.05) is 6.07 Å². The van der Waals surface area contributed by atoms with Gasteiger partial charge in [-0.3, -0.25) is 4.79 Å². The number of amides is 1. The molecule has 1 aliphatic heterocycles. The van der Waals surface area contributed by atoms with E-state index in [0.717, 1.165) is 29.8 Å². The number of hydrogen-bond acceptors (Lipinski definition) is 6. The molecule has 0 fully saturated rings. The van der Waals surface area contributed by atoms with Gasteiger partial charge in [0.1, 0.15) is 12.4 Å². The van der Waals surface area contributed by atoms with Gasteiger partial charge in [-0.25, -0.2) is 0 Å². The molecule has 2 N–H and O–H groups in total. The molecule has 0 aromatic heterocycles. The molecule has 0 bridgehead atoms. The van der Waals surface area contributed by atoms with E-state index in [1.165, 1.54) is 6.92 Å². The smallest absolute Gasteiger partial charge is 0.505 e. The highest BCUT2D eigenvalue weighted by Gasteiger charge is 2.32. The molecule has 1 unspecified atom stereocenters. The van der Waals surface area contributed by atoms with Crippen molar-refractivity contribution in [2.75, 3.05) is 6.61 Å². The maximum atomic E-state index is 12.4. The highest BCUT2D eigenvalue weighted by atomic mass is 19.4. The Labute approximate surface area is 170 Å². The van der Waals surface area contributed by atoms with Gasteiger partial charge in [0, 0.05) is 5.56 Å². The van der Waals surface area contributed by atoms with Crippen LogP contribution >= 0.6 is 0 Å². The van der Waals surface area contributed by atoms with Crippen molar-refractivity contribution < 1.29 is 37.2 Å². The zero-order valence-electron chi connectivity index (χ0n) is 15.7. The van der Waals surface area contributed by atoms with Gasteiger partial charge in [0.2, 0.25) is 0 Å². The van der Waals surface area contributed by atoms with Crippen LogP contribution in [0.1, 0.15) is 22.8 Å². The highest BCUT2D eigenvalue weighted by molar-refractivity contribution is 6.50. The molecule has 0 radical (unpaired) electrons. The van der Waals surface area contributed by atoms with Gasteiger partial charge in [-0.05, 0) is 48.3 Å². The van der Waals surface area contributed by atoms with Gasteiger partial charge in [-0.2, -0.15) is 5.26 Å². The van der Waals surface area contributed by atoms with Crippen molar-refractivity contribution in [1.29, 1.82) is 5.26 Å². The monoisotopic (exact) mass is 420 g/mol. The number of benzene rings is 2. The molecule has 0 spiro atoms. The van der Waals surface area contributed by atoms with Crippen molar-refractivity contribution in [3.05, 3.63) is 47.5 Å². The van der Waals surface area contributed by atoms with E-state index in [1.807, 2.05) is 6.07 Å². The van der Waals surface area contributed by atoms with Crippen LogP contribution in [0.4, 0.5) is 13.2 Å². The number of phenolic OH excluding ortho intramolecular Hbond substituents is 1. The normalized spacial score (nSPS) is 14.6. The van der Waals surface area contributed by atoms with Crippen molar-refractivity contribution in [1.82, 2.24) is 5.32 Å². The Bertz CT molecular complexity index is 991. The van der Waals surface area contributed by atoms with E-state index < -0.39 is 23.6 Å². The molecule has 7 nitrogen and oxygen atoms in total. The summed E-state index contributed by atoms with van der Waals surface area (Å²) in [6.07, 6.45) is -4.84. The van der Waals surface area contributed by atoms with Crippen LogP contribution < -0.4 is 20.3 Å². The molecule has 1 atom stereocenters. The molecule has 1 amide bonds. The van der Waals surface area contributed by atoms with Crippen molar-refractivity contribution in [2.45, 2.75) is 25.4 Å². The number of fused-ring (bicyclic) bond motifs is 1. The van der Waals surface area contributed by atoms with Crippen molar-refractivity contribution in [3.63, 3.8) is 0 Å². The Morgan fingerprint density at radius 1 is 1.30 bits per heavy atom. The molecule has 2 aromatic carbocycles. The summed E-state index contributed by atoms with van der Waals surface area (Å²) in [6.45, 7) is 1.53. The lowest BCUT2D eigenvalue weighted by Crippen LogP contribution is -2.49. The van der Waals surface area contributed by atoms with E-state index in [2.05, 4.69) is 10.1 Å². The van der Waals surface area contributed by atoms with Crippen LogP contribution in [0.3, 0.4) is 0 Å². The van der Waals surface area contributed by atoms with Crippen LogP contribution in [0.2, 0.25) is 0 Å². The molecule has 3 rings (SSSR count). The van der Waals surface area contributed by atoms with Gasteiger partial charge in [0.25, 0.3) is 5.91 Å². The lowest BCUT2D eigenvalue weighted by molar-refractivity contribution is -0.274. The fraction of sp³-hybridized carbons (Fsp3) is 0.263. The molecule has 156 valence electrons. The van der Waals surface area contributed by atoms with E-state index in [9.17, 15) is 28.3 Å². The zero-order chi connectivity index (χ0) is 21.9. The first-order valence-corrected chi connectivity index (χ1v) is 8.74. The molecule has 1 heterocycles. The number of rotatable bonds is 6. The fourth-order valence-electron chi connectivity index (χ4n) is 2.78. The predicted octanol–water partition coefficient (Wildman–Crippen LogP) is 1.89. The Balaban J connectivity index is 1.65. The second-order valence-corrected chi connectivity index (χ2v) is 6.80. The van der Waals surface area contributed by atoms with E-state index in [1.54, 1.807) is 12.1 Å². The van der Waals surface area contributed by atoms with Crippen LogP contribution in [0.5, 0.6) is 17.2 Å². The lowest BCUT2D eigenvalue weighted by atomic mass is 9.86. The minimum atomic E-state index is -4.84. The fourth-order valence-corrected chi connectivity index (χ4v) is 2.78. The molecule has 1 aliphatic rings. The minimum Gasteiger partial charge on any atom is -0.505 e. The van der Waals surface area contributed by atoms with E-state index in [4.69, 9.17) is 9.39 Å². The number of nitriles is 1. The van der Waals surface area contributed by atoms with Gasteiger partial charge >= 0.3 is 13.8 Å². The summed E-state index contributed by atoms with van der Waals surface area (Å²) >= 11 is 0. The van der Waals surface area contributed by atoms with Crippen molar-refractivity contribution in [3.8, 4) is 23.3 Å². The molecule has 11 heteroatoms. The van der Waals surface area contributed by atoms with Gasteiger partial charge in [0.05, 0.1) is 12.7 Å². The average molecular weight is 420 g/mol. The number of ether oxygens (including phenoxy) is 2. The first kappa shape index (κ1) is 21.3. The number of halogens is 3. The van der Waals surface area contributed by atoms with Crippen LogP contribution in [0.15, 0.2) is 36.4 Å². The first-order valence-electron chi connectivity index (χ1n) is 8.74. The molecule has 0 aliphatic carbocycles. The van der Waals surface area contributed by atoms with Crippen LogP contribution in [0, 0.1) is 11.3 Å². The third kappa shape index (κ3) is 4.96. The number of hydrogen-bond donors (Lipinski definition) is 2. The quantitative estimate of drug-likeness (QED) is 0.693. The Morgan fingerprint density at radius 2 is 2.00 bits per heavy atom. The van der Waals surface area contributed by atoms with Crippen LogP contribution in [-0.4, -0.2) is 37.0 Å². The molecule has 2 aromatic rings. The summed E-state index contributed by atoms with van der Waals surface area (Å²) in [5, 5.41) is 22.2. The van der Waals surface area contributed by atoms with Crippen molar-refractivity contribution >= 4 is 18.9 Å². The SMILES string of the molecule is CC(C#N)(COc1ccc2c(c1O)BOC2)NC(=O)c1ccc(OC(F)(F)F)cc1. The summed E-state index contributed by atoms with van der Waals surface area (Å²) in [5.74, 6) is -1.10. The number of carbonyl (C=O) groups excluding carboxylic acids is 1. The summed E-state index contributed by atoms with van der Waals surface area (Å²) in [5.41, 5.74) is 0.00854. The first-order chi connectivity index (χ1) is 14.1. The van der Waals surface area contributed by atoms with E-state index in [0.29, 0.717) is 12.1 Å². The summed E-state index contributed by atoms with van der Waals surface area (Å²) in [7, 11) is 0.249. The highest BCUT2D eigenvalue weighted by Crippen LogP contribution is 2.28. The number of phenols is 1. The number of alkyl halides is 3. The van der Waals surface area contributed by atoms with E-state index >= 15 is 0 Å². The van der Waals surface area contributed by atoms with Gasteiger partial charge < -0.3 is 24.6 Å². The third-order valence-electron chi connectivity index (χ3n) is 4.35. The zero-order valence-corrected chi connectivity index (χ0v) is 15.7. The van der Waals surface area contributed by atoms with Gasteiger partial charge in [-0.15, -0.1) is 13.2 Å². The number of nitrogens with zero attached hydrogens (tertiary/aromatic N) is 1.